The first-order valence-corrected chi connectivity index (χ1v) is 12.8. The molecule has 35 heavy (non-hydrogen) atoms. The molecule has 192 valence electrons. The molecule has 0 amide bonds. The molecule has 0 fully saturated rings. The maximum atomic E-state index is 11.2. The molecule has 0 aliphatic carbocycles. The third-order valence-electron chi connectivity index (χ3n) is 4.61. The summed E-state index contributed by atoms with van der Waals surface area (Å²) < 4.78 is 22.5. The molecule has 12 nitrogen and oxygen atoms in total. The quantitative estimate of drug-likeness (QED) is 0.156. The summed E-state index contributed by atoms with van der Waals surface area (Å²) in [5.74, 6) is 0. The number of sulfone groups is 1. The van der Waals surface area contributed by atoms with Crippen LogP contribution in [0.15, 0.2) is 68.6 Å². The highest BCUT2D eigenvalue weighted by atomic mass is 32.2. The summed E-state index contributed by atoms with van der Waals surface area (Å²) >= 11 is 1.60. The van der Waals surface area contributed by atoms with E-state index in [2.05, 4.69) is 20.1 Å². The normalized spacial score (nSPS) is 13.9. The summed E-state index contributed by atoms with van der Waals surface area (Å²) in [6, 6.07) is 10.9. The van der Waals surface area contributed by atoms with E-state index in [1.165, 1.54) is 24.3 Å². The number of thioether (sulfide) groups is 1. The Morgan fingerprint density at radius 1 is 0.857 bits per heavy atom. The van der Waals surface area contributed by atoms with E-state index in [0.29, 0.717) is 11.1 Å². The Morgan fingerprint density at radius 2 is 1.23 bits per heavy atom. The van der Waals surface area contributed by atoms with E-state index >= 15 is 0 Å². The molecule has 0 radical (unpaired) electrons. The number of azide groups is 2. The molecule has 0 aromatic heterocycles. The van der Waals surface area contributed by atoms with Crippen molar-refractivity contribution in [2.45, 2.75) is 41.5 Å². The highest BCUT2D eigenvalue weighted by molar-refractivity contribution is 7.98. The maximum Gasteiger partial charge on any atom is 0.175 e. The second kappa shape index (κ2) is 16.0. The van der Waals surface area contributed by atoms with Gasteiger partial charge in [-0.05, 0) is 52.7 Å². The van der Waals surface area contributed by atoms with Crippen LogP contribution in [0.5, 0.6) is 0 Å². The molecule has 0 heterocycles. The smallest absolute Gasteiger partial charge is 0.175 e. The Bertz CT molecular complexity index is 1100. The molecule has 0 aliphatic heterocycles. The van der Waals surface area contributed by atoms with Gasteiger partial charge in [-0.25, -0.2) is 8.42 Å². The molecular weight excluding hydrogens is 496 g/mol. The molecule has 4 N–H and O–H groups in total. The summed E-state index contributed by atoms with van der Waals surface area (Å²) in [7, 11) is -3.29. The van der Waals surface area contributed by atoms with Crippen molar-refractivity contribution in [2.75, 3.05) is 25.7 Å². The number of hydrogen-bond acceptors (Lipinski definition) is 9. The van der Waals surface area contributed by atoms with E-state index in [4.69, 9.17) is 21.3 Å². The molecule has 4 atom stereocenters. The van der Waals surface area contributed by atoms with Gasteiger partial charge < -0.3 is 20.4 Å². The fourth-order valence-electron chi connectivity index (χ4n) is 2.69. The van der Waals surface area contributed by atoms with Gasteiger partial charge in [0.2, 0.25) is 0 Å². The second-order valence-electron chi connectivity index (χ2n) is 6.91. The van der Waals surface area contributed by atoms with Gasteiger partial charge >= 0.3 is 0 Å². The first-order valence-electron chi connectivity index (χ1n) is 9.73. The van der Waals surface area contributed by atoms with Crippen molar-refractivity contribution in [3.05, 3.63) is 80.5 Å². The molecule has 0 saturated carbocycles. The van der Waals surface area contributed by atoms with Gasteiger partial charge in [0.15, 0.2) is 9.84 Å². The number of benzene rings is 2. The highest BCUT2D eigenvalue weighted by Gasteiger charge is 2.20. The van der Waals surface area contributed by atoms with Gasteiger partial charge in [-0.1, -0.05) is 41.9 Å². The van der Waals surface area contributed by atoms with Crippen molar-refractivity contribution >= 4 is 21.6 Å². The lowest BCUT2D eigenvalue weighted by Gasteiger charge is -2.16. The number of nitrogens with zero attached hydrogens (tertiary/aromatic N) is 6. The standard InChI is InChI=1S/C10H13N3O4S.C10H13N3O2S.CH4/c1-18(16,17)8-4-2-7(3-5-8)10(15)9(6-14)12-13-11;1-16-8-4-2-7(3-5-8)10(15)9(6-14)12-13-11;/h2-5,9-10,14-15H,6H2,1H3;2-5,9-10,14-15H,6H2,1H3;1H4/t2*9-,10-;/m00./s1. The molecule has 0 unspecified atom stereocenters. The van der Waals surface area contributed by atoms with Crippen LogP contribution >= 0.6 is 11.8 Å². The second-order valence-corrected chi connectivity index (χ2v) is 9.81. The van der Waals surface area contributed by atoms with Crippen LogP contribution in [0.25, 0.3) is 20.9 Å². The van der Waals surface area contributed by atoms with Crippen molar-refractivity contribution in [3.8, 4) is 0 Å². The van der Waals surface area contributed by atoms with Gasteiger partial charge in [-0.15, -0.1) is 11.8 Å². The van der Waals surface area contributed by atoms with Crippen molar-refractivity contribution in [2.24, 2.45) is 10.2 Å². The molecule has 0 bridgehead atoms. The first-order chi connectivity index (χ1) is 16.1. The molecule has 0 saturated heterocycles. The summed E-state index contributed by atoms with van der Waals surface area (Å²) in [6.45, 7) is -0.880. The lowest BCUT2D eigenvalue weighted by atomic mass is 10.0. The number of hydrogen-bond donors (Lipinski definition) is 4. The van der Waals surface area contributed by atoms with Gasteiger partial charge in [-0.3, -0.25) is 0 Å². The molecule has 0 aliphatic rings. The third kappa shape index (κ3) is 10.1. The predicted octanol–water partition coefficient (Wildman–Crippen LogP) is 3.54. The van der Waals surface area contributed by atoms with Crippen molar-refractivity contribution in [1.82, 2.24) is 0 Å². The van der Waals surface area contributed by atoms with Crippen LogP contribution in [0.1, 0.15) is 30.8 Å². The van der Waals surface area contributed by atoms with Gasteiger partial charge in [0.1, 0.15) is 0 Å². The largest absolute Gasteiger partial charge is 0.396 e. The average molecular weight is 527 g/mol. The van der Waals surface area contributed by atoms with Crippen molar-refractivity contribution in [3.63, 3.8) is 0 Å². The molecule has 2 aromatic rings. The fourth-order valence-corrected chi connectivity index (χ4v) is 3.73. The minimum atomic E-state index is -3.29. The van der Waals surface area contributed by atoms with Crippen LogP contribution in [0.3, 0.4) is 0 Å². The zero-order chi connectivity index (χ0) is 25.7. The van der Waals surface area contributed by atoms with E-state index in [-0.39, 0.29) is 18.9 Å². The van der Waals surface area contributed by atoms with Crippen LogP contribution < -0.4 is 0 Å². The van der Waals surface area contributed by atoms with E-state index in [9.17, 15) is 18.6 Å². The summed E-state index contributed by atoms with van der Waals surface area (Å²) in [4.78, 5) is 6.32. The Kier molecular flexibility index (Phi) is 14.7. The van der Waals surface area contributed by atoms with E-state index in [1.807, 2.05) is 18.4 Å². The molecule has 2 rings (SSSR count). The SMILES string of the molecule is C.CS(=O)(=O)c1ccc([C@H](O)[C@H](CO)N=[N+]=[N-])cc1.CSc1ccc([C@H](O)[C@H](CO)N=[N+]=[N-])cc1. The highest BCUT2D eigenvalue weighted by Crippen LogP contribution is 2.23. The van der Waals surface area contributed by atoms with Crippen LogP contribution in [0.4, 0.5) is 0 Å². The summed E-state index contributed by atoms with van der Waals surface area (Å²) in [5, 5.41) is 44.2. The fraction of sp³-hybridized carbons (Fsp3) is 0.429. The number of aliphatic hydroxyl groups is 4. The van der Waals surface area contributed by atoms with E-state index in [0.717, 1.165) is 11.2 Å². The number of aliphatic hydroxyl groups excluding tert-OH is 4. The maximum absolute atomic E-state index is 11.2. The van der Waals surface area contributed by atoms with Gasteiger partial charge in [0.25, 0.3) is 0 Å². The van der Waals surface area contributed by atoms with Gasteiger partial charge in [0.05, 0.1) is 42.4 Å². The van der Waals surface area contributed by atoms with Crippen molar-refractivity contribution < 1.29 is 28.8 Å². The molecule has 2 aromatic carbocycles. The predicted molar refractivity (Wildman–Crippen MR) is 134 cm³/mol. The van der Waals surface area contributed by atoms with Gasteiger partial charge in [0, 0.05) is 21.0 Å². The zero-order valence-corrected chi connectivity index (χ0v) is 20.1. The zero-order valence-electron chi connectivity index (χ0n) is 18.4. The summed E-state index contributed by atoms with van der Waals surface area (Å²) in [5.41, 5.74) is 17.5. The Balaban J connectivity index is 0.000000646. The Labute approximate surface area is 208 Å². The third-order valence-corrected chi connectivity index (χ3v) is 6.48. The lowest BCUT2D eigenvalue weighted by molar-refractivity contribution is 0.109. The van der Waals surface area contributed by atoms with E-state index < -0.39 is 40.7 Å². The molecular formula is C21H30N6O6S2. The van der Waals surface area contributed by atoms with Crippen LogP contribution in [0, 0.1) is 0 Å². The van der Waals surface area contributed by atoms with E-state index in [1.54, 1.807) is 23.9 Å². The average Bonchev–Trinajstić information content (AvgIpc) is 2.85. The molecule has 0 spiro atoms. The van der Waals surface area contributed by atoms with Gasteiger partial charge in [-0.2, -0.15) is 0 Å². The minimum absolute atomic E-state index is 0. The Morgan fingerprint density at radius 3 is 1.51 bits per heavy atom. The van der Waals surface area contributed by atoms with Crippen LogP contribution in [0.2, 0.25) is 0 Å². The summed E-state index contributed by atoms with van der Waals surface area (Å²) in [6.07, 6.45) is 0.882. The monoisotopic (exact) mass is 526 g/mol. The minimum Gasteiger partial charge on any atom is -0.396 e. The number of rotatable bonds is 10. The van der Waals surface area contributed by atoms with Crippen LogP contribution in [-0.4, -0.2) is 66.7 Å². The topological polar surface area (TPSA) is 213 Å². The van der Waals surface area contributed by atoms with Crippen molar-refractivity contribution in [1.29, 1.82) is 0 Å². The lowest BCUT2D eigenvalue weighted by Crippen LogP contribution is -2.20. The Hall–Kier alpha value is -2.80. The molecule has 14 heteroatoms. The first kappa shape index (κ1) is 32.2. The van der Waals surface area contributed by atoms with Crippen LogP contribution in [-0.2, 0) is 9.84 Å².